The Hall–Kier alpha value is -3.81. The second-order valence-electron chi connectivity index (χ2n) is 7.12. The van der Waals surface area contributed by atoms with Crippen molar-refractivity contribution in [1.82, 2.24) is 10.1 Å². The van der Waals surface area contributed by atoms with E-state index in [-0.39, 0.29) is 35.3 Å². The van der Waals surface area contributed by atoms with Crippen molar-refractivity contribution in [2.75, 3.05) is 4.72 Å². The van der Waals surface area contributed by atoms with Gasteiger partial charge in [0.15, 0.2) is 6.61 Å². The SMILES string of the molecule is O=S(=O)(Nc1ccc2c(OCc3nc(-c4cccc(C(F)(F)F)c4)no3)cccc2c1)C(F)(F)F. The van der Waals surface area contributed by atoms with Gasteiger partial charge in [-0.1, -0.05) is 29.4 Å². The number of aromatic nitrogens is 2. The normalized spacial score (nSPS) is 12.6. The van der Waals surface area contributed by atoms with E-state index in [1.165, 1.54) is 41.1 Å². The summed E-state index contributed by atoms with van der Waals surface area (Å²) in [6.07, 6.45) is -4.54. The maximum Gasteiger partial charge on any atom is 0.516 e. The number of fused-ring (bicyclic) bond motifs is 1. The lowest BCUT2D eigenvalue weighted by molar-refractivity contribution is -0.137. The number of sulfonamides is 1. The van der Waals surface area contributed by atoms with Crippen molar-refractivity contribution in [3.05, 3.63) is 72.1 Å². The summed E-state index contributed by atoms with van der Waals surface area (Å²) in [6.45, 7) is -0.256. The fraction of sp³-hybridized carbons (Fsp3) is 0.143. The lowest BCUT2D eigenvalue weighted by atomic mass is 10.1. The van der Waals surface area contributed by atoms with Gasteiger partial charge in [-0.2, -0.15) is 39.7 Å². The molecule has 0 unspecified atom stereocenters. The third kappa shape index (κ3) is 5.31. The molecule has 4 rings (SSSR count). The van der Waals surface area contributed by atoms with E-state index in [0.717, 1.165) is 18.2 Å². The lowest BCUT2D eigenvalue weighted by Gasteiger charge is -2.12. The molecule has 0 aliphatic rings. The van der Waals surface area contributed by atoms with E-state index in [0.29, 0.717) is 10.8 Å². The Morgan fingerprint density at radius 3 is 2.40 bits per heavy atom. The summed E-state index contributed by atoms with van der Waals surface area (Å²) in [5, 5.41) is 4.48. The number of anilines is 1. The van der Waals surface area contributed by atoms with E-state index < -0.39 is 27.3 Å². The minimum absolute atomic E-state index is 0.0380. The van der Waals surface area contributed by atoms with Crippen LogP contribution in [0.25, 0.3) is 22.2 Å². The molecule has 0 aliphatic carbocycles. The molecule has 0 bridgehead atoms. The first-order valence-corrected chi connectivity index (χ1v) is 11.1. The zero-order chi connectivity index (χ0) is 25.4. The highest BCUT2D eigenvalue weighted by atomic mass is 32.2. The number of benzene rings is 3. The van der Waals surface area contributed by atoms with Gasteiger partial charge in [-0.15, -0.1) is 0 Å². The van der Waals surface area contributed by atoms with E-state index in [9.17, 15) is 34.8 Å². The van der Waals surface area contributed by atoms with E-state index in [1.807, 2.05) is 0 Å². The van der Waals surface area contributed by atoms with Crippen LogP contribution in [0.3, 0.4) is 0 Å². The van der Waals surface area contributed by atoms with Gasteiger partial charge < -0.3 is 9.26 Å². The molecule has 184 valence electrons. The Bertz CT molecular complexity index is 1480. The van der Waals surface area contributed by atoms with Gasteiger partial charge in [0, 0.05) is 16.6 Å². The summed E-state index contributed by atoms with van der Waals surface area (Å²) >= 11 is 0. The Labute approximate surface area is 193 Å². The molecule has 0 fully saturated rings. The van der Waals surface area contributed by atoms with Gasteiger partial charge in [-0.05, 0) is 41.8 Å². The van der Waals surface area contributed by atoms with Gasteiger partial charge >= 0.3 is 21.7 Å². The summed E-state index contributed by atoms with van der Waals surface area (Å²) in [5.74, 6) is 0.157. The quantitative estimate of drug-likeness (QED) is 0.328. The molecule has 4 aromatic rings. The summed E-state index contributed by atoms with van der Waals surface area (Å²) < 4.78 is 111. The van der Waals surface area contributed by atoms with E-state index in [4.69, 9.17) is 9.26 Å². The topological polar surface area (TPSA) is 94.3 Å². The van der Waals surface area contributed by atoms with Crippen molar-refractivity contribution < 1.29 is 44.0 Å². The number of halogens is 6. The van der Waals surface area contributed by atoms with Crippen molar-refractivity contribution in [3.8, 4) is 17.1 Å². The summed E-state index contributed by atoms with van der Waals surface area (Å²) in [6, 6.07) is 12.7. The highest BCUT2D eigenvalue weighted by Crippen LogP contribution is 2.33. The molecule has 0 aliphatic heterocycles. The van der Waals surface area contributed by atoms with Crippen molar-refractivity contribution in [2.45, 2.75) is 18.3 Å². The van der Waals surface area contributed by atoms with Gasteiger partial charge in [0.25, 0.3) is 5.89 Å². The first-order chi connectivity index (χ1) is 16.3. The van der Waals surface area contributed by atoms with Crippen molar-refractivity contribution in [1.29, 1.82) is 0 Å². The Kier molecular flexibility index (Phi) is 6.09. The van der Waals surface area contributed by atoms with Crippen LogP contribution in [0, 0.1) is 0 Å². The van der Waals surface area contributed by atoms with Crippen LogP contribution in [-0.2, 0) is 22.8 Å². The molecule has 1 N–H and O–H groups in total. The van der Waals surface area contributed by atoms with Gasteiger partial charge in [-0.25, -0.2) is 0 Å². The van der Waals surface area contributed by atoms with Crippen LogP contribution in [0.1, 0.15) is 11.5 Å². The van der Waals surface area contributed by atoms with Crippen LogP contribution < -0.4 is 9.46 Å². The molecule has 14 heteroatoms. The fourth-order valence-corrected chi connectivity index (χ4v) is 3.61. The molecule has 0 saturated carbocycles. The fourth-order valence-electron chi connectivity index (χ4n) is 3.06. The van der Waals surface area contributed by atoms with Crippen molar-refractivity contribution in [2.24, 2.45) is 0 Å². The van der Waals surface area contributed by atoms with Crippen molar-refractivity contribution >= 4 is 26.5 Å². The number of alkyl halides is 6. The average Bonchev–Trinajstić information content (AvgIpc) is 3.25. The van der Waals surface area contributed by atoms with Gasteiger partial charge in [0.2, 0.25) is 5.82 Å². The molecule has 0 amide bonds. The molecule has 3 aromatic carbocycles. The third-order valence-electron chi connectivity index (χ3n) is 4.66. The molecule has 35 heavy (non-hydrogen) atoms. The number of hydrogen-bond donors (Lipinski definition) is 1. The number of ether oxygens (including phenoxy) is 1. The van der Waals surface area contributed by atoms with Crippen molar-refractivity contribution in [3.63, 3.8) is 0 Å². The number of rotatable bonds is 6. The predicted molar refractivity (Wildman–Crippen MR) is 112 cm³/mol. The molecule has 0 spiro atoms. The van der Waals surface area contributed by atoms with Crippen LogP contribution in [0.2, 0.25) is 0 Å². The van der Waals surface area contributed by atoms with Crippen LogP contribution in [0.5, 0.6) is 5.75 Å². The highest BCUT2D eigenvalue weighted by molar-refractivity contribution is 7.93. The standard InChI is InChI=1S/C21H13F6N3O4S/c22-20(23,24)14-5-1-4-13(9-14)19-28-18(34-29-19)11-33-17-6-2-3-12-10-15(7-8-16(12)17)30-35(31,32)21(25,26)27/h1-10,30H,11H2. The number of nitrogens with zero attached hydrogens (tertiary/aromatic N) is 2. The van der Waals surface area contributed by atoms with E-state index >= 15 is 0 Å². The van der Waals surface area contributed by atoms with E-state index in [1.54, 1.807) is 6.07 Å². The Morgan fingerprint density at radius 1 is 0.943 bits per heavy atom. The van der Waals surface area contributed by atoms with Gasteiger partial charge in [0.1, 0.15) is 5.75 Å². The second-order valence-corrected chi connectivity index (χ2v) is 8.80. The molecular weight excluding hydrogens is 504 g/mol. The van der Waals surface area contributed by atoms with Crippen LogP contribution in [-0.4, -0.2) is 24.1 Å². The zero-order valence-electron chi connectivity index (χ0n) is 17.2. The monoisotopic (exact) mass is 517 g/mol. The Morgan fingerprint density at radius 2 is 1.69 bits per heavy atom. The smallest absolute Gasteiger partial charge is 0.483 e. The molecule has 7 nitrogen and oxygen atoms in total. The first kappa shape index (κ1) is 24.3. The number of nitrogens with one attached hydrogen (secondary N) is 1. The average molecular weight is 517 g/mol. The first-order valence-electron chi connectivity index (χ1n) is 9.58. The lowest BCUT2D eigenvalue weighted by Crippen LogP contribution is -2.29. The largest absolute Gasteiger partial charge is 0.516 e. The molecule has 0 saturated heterocycles. The molecule has 0 radical (unpaired) electrons. The highest BCUT2D eigenvalue weighted by Gasteiger charge is 2.46. The summed E-state index contributed by atoms with van der Waals surface area (Å²) in [4.78, 5) is 4.02. The maximum atomic E-state index is 12.9. The van der Waals surface area contributed by atoms with Crippen LogP contribution in [0.4, 0.5) is 32.0 Å². The third-order valence-corrected chi connectivity index (χ3v) is 5.78. The molecule has 0 atom stereocenters. The summed E-state index contributed by atoms with van der Waals surface area (Å²) in [5.41, 5.74) is -6.54. The van der Waals surface area contributed by atoms with Crippen LogP contribution >= 0.6 is 0 Å². The maximum absolute atomic E-state index is 12.9. The molecular formula is C21H13F6N3O4S. The minimum atomic E-state index is -5.58. The predicted octanol–water partition coefficient (Wildman–Crippen LogP) is 5.75. The summed E-state index contributed by atoms with van der Waals surface area (Å²) in [7, 11) is -5.58. The minimum Gasteiger partial charge on any atom is -0.483 e. The second kappa shape index (κ2) is 8.76. The van der Waals surface area contributed by atoms with E-state index in [2.05, 4.69) is 10.1 Å². The molecule has 1 heterocycles. The number of hydrogen-bond acceptors (Lipinski definition) is 6. The van der Waals surface area contributed by atoms with Gasteiger partial charge in [-0.3, -0.25) is 4.72 Å². The van der Waals surface area contributed by atoms with Gasteiger partial charge in [0.05, 0.1) is 5.56 Å². The van der Waals surface area contributed by atoms with Crippen LogP contribution in [0.15, 0.2) is 65.2 Å². The molecule has 1 aromatic heterocycles. The Balaban J connectivity index is 1.51. The zero-order valence-corrected chi connectivity index (χ0v) is 18.0.